The second-order valence-electron chi connectivity index (χ2n) is 5.82. The van der Waals surface area contributed by atoms with Crippen LogP contribution in [0.5, 0.6) is 5.75 Å². The summed E-state index contributed by atoms with van der Waals surface area (Å²) in [6.07, 6.45) is 5.22. The van der Waals surface area contributed by atoms with Gasteiger partial charge in [-0.1, -0.05) is 6.07 Å². The van der Waals surface area contributed by atoms with E-state index in [1.807, 2.05) is 31.4 Å². The van der Waals surface area contributed by atoms with Gasteiger partial charge in [0, 0.05) is 30.7 Å². The predicted octanol–water partition coefficient (Wildman–Crippen LogP) is 3.02. The lowest BCUT2D eigenvalue weighted by molar-refractivity contribution is 0.0159. The summed E-state index contributed by atoms with van der Waals surface area (Å²) in [6, 6.07) is 10.1. The molecule has 1 aromatic heterocycles. The summed E-state index contributed by atoms with van der Waals surface area (Å²) in [5, 5.41) is 4.33. The molecule has 4 heteroatoms. The van der Waals surface area contributed by atoms with Crippen molar-refractivity contribution in [2.24, 2.45) is 5.92 Å². The Bertz CT molecular complexity index is 591. The number of hydrogen-bond donors (Lipinski definition) is 1. The van der Waals surface area contributed by atoms with Crippen molar-refractivity contribution in [2.45, 2.75) is 25.4 Å². The lowest BCUT2D eigenvalue weighted by Gasteiger charge is -2.31. The Hall–Kier alpha value is -1.65. The molecule has 1 aliphatic heterocycles. The van der Waals surface area contributed by atoms with Gasteiger partial charge in [-0.2, -0.15) is 0 Å². The molecule has 0 amide bonds. The molecule has 22 heavy (non-hydrogen) atoms. The summed E-state index contributed by atoms with van der Waals surface area (Å²) in [5.41, 5.74) is 0.986. The summed E-state index contributed by atoms with van der Waals surface area (Å²) >= 11 is 0. The van der Waals surface area contributed by atoms with Gasteiger partial charge < -0.3 is 14.8 Å². The monoisotopic (exact) mass is 300 g/mol. The minimum absolute atomic E-state index is 0.224. The number of nitrogens with zero attached hydrogens (tertiary/aromatic N) is 1. The third-order valence-corrected chi connectivity index (χ3v) is 4.35. The van der Waals surface area contributed by atoms with Crippen LogP contribution < -0.4 is 10.1 Å². The summed E-state index contributed by atoms with van der Waals surface area (Å²) in [6.45, 7) is 2.66. The van der Waals surface area contributed by atoms with Crippen LogP contribution in [0, 0.1) is 5.92 Å². The molecule has 1 N–H and O–H groups in total. The smallest absolute Gasteiger partial charge is 0.129 e. The zero-order valence-corrected chi connectivity index (χ0v) is 13.1. The van der Waals surface area contributed by atoms with Crippen molar-refractivity contribution in [1.82, 2.24) is 10.3 Å². The molecular formula is C18H24N2O2. The Kier molecular flexibility index (Phi) is 5.24. The van der Waals surface area contributed by atoms with Gasteiger partial charge in [0.2, 0.25) is 0 Å². The Morgan fingerprint density at radius 1 is 1.27 bits per heavy atom. The highest BCUT2D eigenvalue weighted by molar-refractivity contribution is 5.84. The Morgan fingerprint density at radius 2 is 2.14 bits per heavy atom. The molecule has 0 radical (unpaired) electrons. The van der Waals surface area contributed by atoms with Crippen LogP contribution in [-0.4, -0.2) is 37.9 Å². The van der Waals surface area contributed by atoms with Crippen LogP contribution in [0.4, 0.5) is 0 Å². The third-order valence-electron chi connectivity index (χ3n) is 4.35. The fourth-order valence-electron chi connectivity index (χ4n) is 3.11. The molecule has 4 nitrogen and oxygen atoms in total. The molecule has 1 atom stereocenters. The number of fused-ring (bicyclic) bond motifs is 1. The number of nitrogens with one attached hydrogen (secondary N) is 1. The van der Waals surface area contributed by atoms with Gasteiger partial charge in [-0.15, -0.1) is 0 Å². The van der Waals surface area contributed by atoms with E-state index < -0.39 is 0 Å². The minimum atomic E-state index is 0.224. The molecule has 0 bridgehead atoms. The highest BCUT2D eigenvalue weighted by Gasteiger charge is 2.25. The first-order valence-corrected chi connectivity index (χ1v) is 8.11. The number of hydrogen-bond acceptors (Lipinski definition) is 4. The fourth-order valence-corrected chi connectivity index (χ4v) is 3.11. The van der Waals surface area contributed by atoms with Crippen LogP contribution in [0.25, 0.3) is 10.9 Å². The van der Waals surface area contributed by atoms with Crippen LogP contribution in [0.15, 0.2) is 36.5 Å². The topological polar surface area (TPSA) is 43.4 Å². The van der Waals surface area contributed by atoms with Crippen LogP contribution >= 0.6 is 0 Å². The summed E-state index contributed by atoms with van der Waals surface area (Å²) in [4.78, 5) is 4.41. The molecule has 1 fully saturated rings. The van der Waals surface area contributed by atoms with E-state index in [1.54, 1.807) is 0 Å². The van der Waals surface area contributed by atoms with Gasteiger partial charge in [0.25, 0.3) is 0 Å². The van der Waals surface area contributed by atoms with Crippen LogP contribution in [0.2, 0.25) is 0 Å². The highest BCUT2D eigenvalue weighted by atomic mass is 16.5. The SMILES string of the molecule is CNCCC(Oc1cccc2ncccc12)C1CCOCC1. The molecule has 0 aliphatic carbocycles. The second-order valence-corrected chi connectivity index (χ2v) is 5.82. The summed E-state index contributed by atoms with van der Waals surface area (Å²) in [7, 11) is 1.99. The first-order chi connectivity index (χ1) is 10.9. The van der Waals surface area contributed by atoms with E-state index in [0.29, 0.717) is 5.92 Å². The van der Waals surface area contributed by atoms with Gasteiger partial charge in [-0.05, 0) is 57.1 Å². The van der Waals surface area contributed by atoms with Crippen molar-refractivity contribution in [3.05, 3.63) is 36.5 Å². The van der Waals surface area contributed by atoms with Gasteiger partial charge >= 0.3 is 0 Å². The lowest BCUT2D eigenvalue weighted by Crippen LogP contribution is -2.34. The first kappa shape index (κ1) is 15.3. The maximum Gasteiger partial charge on any atom is 0.129 e. The zero-order chi connectivity index (χ0) is 15.2. The third kappa shape index (κ3) is 3.57. The van der Waals surface area contributed by atoms with Crippen LogP contribution in [-0.2, 0) is 4.74 Å². The molecule has 1 aliphatic rings. The van der Waals surface area contributed by atoms with Crippen molar-refractivity contribution in [2.75, 3.05) is 26.8 Å². The second kappa shape index (κ2) is 7.56. The van der Waals surface area contributed by atoms with E-state index >= 15 is 0 Å². The van der Waals surface area contributed by atoms with Gasteiger partial charge in [0.05, 0.1) is 5.52 Å². The Balaban J connectivity index is 1.81. The van der Waals surface area contributed by atoms with E-state index in [-0.39, 0.29) is 6.10 Å². The Labute approximate surface area is 131 Å². The molecule has 2 heterocycles. The van der Waals surface area contributed by atoms with Gasteiger partial charge in [0.1, 0.15) is 11.9 Å². The zero-order valence-electron chi connectivity index (χ0n) is 13.1. The first-order valence-electron chi connectivity index (χ1n) is 8.11. The average molecular weight is 300 g/mol. The van der Waals surface area contributed by atoms with Crippen molar-refractivity contribution in [1.29, 1.82) is 0 Å². The van der Waals surface area contributed by atoms with E-state index in [2.05, 4.69) is 22.4 Å². The molecule has 0 spiro atoms. The van der Waals surface area contributed by atoms with Crippen LogP contribution in [0.1, 0.15) is 19.3 Å². The van der Waals surface area contributed by atoms with E-state index in [1.165, 1.54) is 0 Å². The number of pyridine rings is 1. The largest absolute Gasteiger partial charge is 0.489 e. The standard InChI is InChI=1S/C18H24N2O2/c1-19-11-7-17(14-8-12-21-13-9-14)22-18-6-2-5-16-15(18)4-3-10-20-16/h2-6,10,14,17,19H,7-9,11-13H2,1H3. The quantitative estimate of drug-likeness (QED) is 0.890. The van der Waals surface area contributed by atoms with Crippen LogP contribution in [0.3, 0.4) is 0 Å². The highest BCUT2D eigenvalue weighted by Crippen LogP contribution is 2.29. The number of ether oxygens (including phenoxy) is 2. The van der Waals surface area contributed by atoms with E-state index in [0.717, 1.165) is 55.7 Å². The van der Waals surface area contributed by atoms with Gasteiger partial charge in [0.15, 0.2) is 0 Å². The fraction of sp³-hybridized carbons (Fsp3) is 0.500. The van der Waals surface area contributed by atoms with E-state index in [4.69, 9.17) is 9.47 Å². The minimum Gasteiger partial charge on any atom is -0.489 e. The molecule has 2 aromatic rings. The molecule has 1 saturated heterocycles. The lowest BCUT2D eigenvalue weighted by atomic mass is 9.91. The average Bonchev–Trinajstić information content (AvgIpc) is 2.59. The molecule has 1 aromatic carbocycles. The molecule has 118 valence electrons. The maximum absolute atomic E-state index is 6.43. The Morgan fingerprint density at radius 3 is 2.95 bits per heavy atom. The molecule has 1 unspecified atom stereocenters. The van der Waals surface area contributed by atoms with Gasteiger partial charge in [-0.25, -0.2) is 0 Å². The molecular weight excluding hydrogens is 276 g/mol. The van der Waals surface area contributed by atoms with Crippen molar-refractivity contribution in [3.63, 3.8) is 0 Å². The van der Waals surface area contributed by atoms with Crippen molar-refractivity contribution < 1.29 is 9.47 Å². The number of rotatable bonds is 6. The van der Waals surface area contributed by atoms with Gasteiger partial charge in [-0.3, -0.25) is 4.98 Å². The predicted molar refractivity (Wildman–Crippen MR) is 88.2 cm³/mol. The number of benzene rings is 1. The molecule has 3 rings (SSSR count). The van der Waals surface area contributed by atoms with E-state index in [9.17, 15) is 0 Å². The van der Waals surface area contributed by atoms with Crippen molar-refractivity contribution >= 4 is 10.9 Å². The number of aromatic nitrogens is 1. The molecule has 0 saturated carbocycles. The summed E-state index contributed by atoms with van der Waals surface area (Å²) in [5.74, 6) is 1.51. The normalized spacial score (nSPS) is 17.5. The van der Waals surface area contributed by atoms with Crippen molar-refractivity contribution in [3.8, 4) is 5.75 Å². The summed E-state index contributed by atoms with van der Waals surface area (Å²) < 4.78 is 11.9. The maximum atomic E-state index is 6.43.